The van der Waals surface area contributed by atoms with E-state index in [9.17, 15) is 14.7 Å². The van der Waals surface area contributed by atoms with E-state index in [0.29, 0.717) is 35.1 Å². The molecule has 1 N–H and O–H groups in total. The standard InChI is InChI=1S/C30H25NO6/c1-19-17-21(14-15-23(19)37-18-20-9-4-3-5-10-20)28(32)26-27(25-13-8-16-36-25)31(30(34)29(26)33)22-11-6-7-12-24(22)35-2/h3-17,27,32H,18H2,1-2H3/b28-26-. The number of anilines is 1. The SMILES string of the molecule is COc1ccccc1N1C(=O)C(=O)/C(=C(\O)c2ccc(OCc3ccccc3)c(C)c2)C1c1ccco1. The van der Waals surface area contributed by atoms with Crippen LogP contribution in [0, 0.1) is 6.92 Å². The molecule has 1 unspecified atom stereocenters. The van der Waals surface area contributed by atoms with Crippen LogP contribution in [0.4, 0.5) is 5.69 Å². The second kappa shape index (κ2) is 10.1. The van der Waals surface area contributed by atoms with Gasteiger partial charge in [0.1, 0.15) is 35.7 Å². The molecule has 0 saturated carbocycles. The number of aliphatic hydroxyl groups is 1. The number of benzene rings is 3. The normalized spacial score (nSPS) is 16.7. The molecule has 1 saturated heterocycles. The van der Waals surface area contributed by atoms with E-state index in [1.165, 1.54) is 18.3 Å². The number of aliphatic hydroxyl groups excluding tert-OH is 1. The van der Waals surface area contributed by atoms with Gasteiger partial charge in [0, 0.05) is 5.56 Å². The Morgan fingerprint density at radius 3 is 2.41 bits per heavy atom. The third-order valence-electron chi connectivity index (χ3n) is 6.29. The molecule has 1 aliphatic rings. The second-order valence-corrected chi connectivity index (χ2v) is 8.61. The molecule has 0 bridgehead atoms. The average Bonchev–Trinajstić information content (AvgIpc) is 3.55. The minimum atomic E-state index is -0.972. The molecule has 0 spiro atoms. The molecule has 186 valence electrons. The van der Waals surface area contributed by atoms with Gasteiger partial charge < -0.3 is 19.0 Å². The van der Waals surface area contributed by atoms with Gasteiger partial charge in [0.2, 0.25) is 0 Å². The van der Waals surface area contributed by atoms with Crippen LogP contribution in [-0.2, 0) is 16.2 Å². The predicted octanol–water partition coefficient (Wildman–Crippen LogP) is 5.80. The van der Waals surface area contributed by atoms with Crippen LogP contribution in [0.5, 0.6) is 11.5 Å². The van der Waals surface area contributed by atoms with Crippen LogP contribution in [0.2, 0.25) is 0 Å². The lowest BCUT2D eigenvalue weighted by molar-refractivity contribution is -0.132. The van der Waals surface area contributed by atoms with Gasteiger partial charge in [-0.05, 0) is 60.5 Å². The molecule has 1 aromatic heterocycles. The van der Waals surface area contributed by atoms with Crippen LogP contribution in [0.25, 0.3) is 5.76 Å². The Labute approximate surface area is 214 Å². The summed E-state index contributed by atoms with van der Waals surface area (Å²) >= 11 is 0. The summed E-state index contributed by atoms with van der Waals surface area (Å²) in [7, 11) is 1.49. The van der Waals surface area contributed by atoms with Crippen molar-refractivity contribution in [3.63, 3.8) is 0 Å². The number of methoxy groups -OCH3 is 1. The first-order valence-electron chi connectivity index (χ1n) is 11.7. The number of furan rings is 1. The number of ether oxygens (including phenoxy) is 2. The summed E-state index contributed by atoms with van der Waals surface area (Å²) in [5.41, 5.74) is 2.52. The zero-order valence-electron chi connectivity index (χ0n) is 20.4. The fourth-order valence-corrected chi connectivity index (χ4v) is 4.48. The second-order valence-electron chi connectivity index (χ2n) is 8.61. The molecule has 1 aliphatic heterocycles. The summed E-state index contributed by atoms with van der Waals surface area (Å²) in [5, 5.41) is 11.4. The lowest BCUT2D eigenvalue weighted by Gasteiger charge is -2.25. The van der Waals surface area contributed by atoms with Crippen LogP contribution < -0.4 is 14.4 Å². The minimum Gasteiger partial charge on any atom is -0.507 e. The van der Waals surface area contributed by atoms with Crippen molar-refractivity contribution in [3.05, 3.63) is 119 Å². The fourth-order valence-electron chi connectivity index (χ4n) is 4.48. The fraction of sp³-hybridized carbons (Fsp3) is 0.133. The van der Waals surface area contributed by atoms with E-state index in [4.69, 9.17) is 13.9 Å². The van der Waals surface area contributed by atoms with Crippen molar-refractivity contribution in [3.8, 4) is 11.5 Å². The smallest absolute Gasteiger partial charge is 0.300 e. The minimum absolute atomic E-state index is 0.0665. The quantitative estimate of drug-likeness (QED) is 0.198. The zero-order chi connectivity index (χ0) is 25.9. The molecule has 5 rings (SSSR count). The number of amides is 1. The maximum absolute atomic E-state index is 13.3. The van der Waals surface area contributed by atoms with Gasteiger partial charge in [-0.25, -0.2) is 0 Å². The maximum Gasteiger partial charge on any atom is 0.300 e. The number of hydrogen-bond donors (Lipinski definition) is 1. The van der Waals surface area contributed by atoms with Crippen molar-refractivity contribution in [2.75, 3.05) is 12.0 Å². The van der Waals surface area contributed by atoms with Crippen molar-refractivity contribution in [2.24, 2.45) is 0 Å². The maximum atomic E-state index is 13.3. The first kappa shape index (κ1) is 23.9. The lowest BCUT2D eigenvalue weighted by Crippen LogP contribution is -2.29. The lowest BCUT2D eigenvalue weighted by atomic mass is 9.98. The molecule has 37 heavy (non-hydrogen) atoms. The van der Waals surface area contributed by atoms with E-state index in [0.717, 1.165) is 11.1 Å². The van der Waals surface area contributed by atoms with Crippen molar-refractivity contribution < 1.29 is 28.6 Å². The predicted molar refractivity (Wildman–Crippen MR) is 138 cm³/mol. The van der Waals surface area contributed by atoms with Crippen LogP contribution in [-0.4, -0.2) is 23.9 Å². The third-order valence-corrected chi connectivity index (χ3v) is 6.29. The van der Waals surface area contributed by atoms with Gasteiger partial charge in [0.25, 0.3) is 11.7 Å². The summed E-state index contributed by atoms with van der Waals surface area (Å²) in [6.07, 6.45) is 1.46. The highest BCUT2D eigenvalue weighted by Gasteiger charge is 2.49. The molecule has 7 nitrogen and oxygen atoms in total. The number of aryl methyl sites for hydroxylation is 1. The van der Waals surface area contributed by atoms with Crippen LogP contribution in [0.15, 0.2) is 101 Å². The molecule has 3 aromatic carbocycles. The monoisotopic (exact) mass is 495 g/mol. The number of carbonyl (C=O) groups excluding carboxylic acids is 2. The van der Waals surface area contributed by atoms with Gasteiger partial charge in [0.05, 0.1) is 24.6 Å². The molecule has 7 heteroatoms. The molecular weight excluding hydrogens is 470 g/mol. The molecule has 2 heterocycles. The molecule has 0 aliphatic carbocycles. The molecule has 4 aromatic rings. The van der Waals surface area contributed by atoms with Crippen molar-refractivity contribution in [1.29, 1.82) is 0 Å². The Kier molecular flexibility index (Phi) is 6.51. The summed E-state index contributed by atoms with van der Waals surface area (Å²) < 4.78 is 17.0. The Balaban J connectivity index is 1.54. The van der Waals surface area contributed by atoms with E-state index in [1.807, 2.05) is 37.3 Å². The van der Waals surface area contributed by atoms with E-state index in [-0.39, 0.29) is 11.3 Å². The van der Waals surface area contributed by atoms with Crippen molar-refractivity contribution in [2.45, 2.75) is 19.6 Å². The number of ketones is 1. The summed E-state index contributed by atoms with van der Waals surface area (Å²) in [6.45, 7) is 2.25. The Morgan fingerprint density at radius 2 is 1.70 bits per heavy atom. The van der Waals surface area contributed by atoms with Crippen LogP contribution in [0.1, 0.15) is 28.5 Å². The molecular formula is C30H25NO6. The highest BCUT2D eigenvalue weighted by Crippen LogP contribution is 2.45. The van der Waals surface area contributed by atoms with Gasteiger partial charge in [-0.15, -0.1) is 0 Å². The van der Waals surface area contributed by atoms with E-state index < -0.39 is 17.7 Å². The van der Waals surface area contributed by atoms with Crippen molar-refractivity contribution in [1.82, 2.24) is 0 Å². The Bertz CT molecular complexity index is 1470. The molecule has 1 atom stereocenters. The molecule has 1 fully saturated rings. The Hall–Kier alpha value is -4.78. The number of rotatable bonds is 7. The van der Waals surface area contributed by atoms with Crippen LogP contribution >= 0.6 is 0 Å². The van der Waals surface area contributed by atoms with Gasteiger partial charge in [-0.3, -0.25) is 14.5 Å². The van der Waals surface area contributed by atoms with Gasteiger partial charge >= 0.3 is 0 Å². The first-order chi connectivity index (χ1) is 18.0. The van der Waals surface area contributed by atoms with E-state index in [2.05, 4.69) is 0 Å². The molecule has 1 amide bonds. The third kappa shape index (κ3) is 4.47. The van der Waals surface area contributed by atoms with Gasteiger partial charge in [0.15, 0.2) is 0 Å². The summed E-state index contributed by atoms with van der Waals surface area (Å²) in [4.78, 5) is 27.9. The molecule has 0 radical (unpaired) electrons. The first-order valence-corrected chi connectivity index (χ1v) is 11.7. The van der Waals surface area contributed by atoms with Crippen molar-refractivity contribution >= 4 is 23.1 Å². The van der Waals surface area contributed by atoms with E-state index in [1.54, 1.807) is 54.6 Å². The number of carbonyl (C=O) groups is 2. The number of Topliss-reactive ketones (excluding diaryl/α,β-unsaturated/α-hetero) is 1. The zero-order valence-corrected chi connectivity index (χ0v) is 20.4. The average molecular weight is 496 g/mol. The summed E-state index contributed by atoms with van der Waals surface area (Å²) in [5.74, 6) is -0.492. The highest BCUT2D eigenvalue weighted by molar-refractivity contribution is 6.51. The largest absolute Gasteiger partial charge is 0.507 e. The number of hydrogen-bond acceptors (Lipinski definition) is 6. The summed E-state index contributed by atoms with van der Waals surface area (Å²) in [6, 6.07) is 24.2. The van der Waals surface area contributed by atoms with Gasteiger partial charge in [-0.2, -0.15) is 0 Å². The van der Waals surface area contributed by atoms with Gasteiger partial charge in [-0.1, -0.05) is 42.5 Å². The topological polar surface area (TPSA) is 89.2 Å². The number of para-hydroxylation sites is 2. The Morgan fingerprint density at radius 1 is 0.946 bits per heavy atom. The van der Waals surface area contributed by atoms with Crippen LogP contribution in [0.3, 0.4) is 0 Å². The highest BCUT2D eigenvalue weighted by atomic mass is 16.5. The number of nitrogens with zero attached hydrogens (tertiary/aromatic N) is 1. The van der Waals surface area contributed by atoms with E-state index >= 15 is 0 Å².